The number of nitrogens with zero attached hydrogens (tertiary/aromatic N) is 3. The molecule has 0 unspecified atom stereocenters. The molecule has 1 saturated heterocycles. The maximum absolute atomic E-state index is 13.2. The molecule has 0 aliphatic carbocycles. The van der Waals surface area contributed by atoms with Crippen LogP contribution in [0.5, 0.6) is 0 Å². The largest absolute Gasteiger partial charge is 0.377 e. The number of ether oxygens (including phenoxy) is 1. The van der Waals surface area contributed by atoms with Crippen molar-refractivity contribution in [3.63, 3.8) is 0 Å². The Morgan fingerprint density at radius 3 is 2.79 bits per heavy atom. The van der Waals surface area contributed by atoms with E-state index in [0.717, 1.165) is 24.8 Å². The number of sulfonamides is 1. The Kier molecular flexibility index (Phi) is 4.89. The Morgan fingerprint density at radius 1 is 1.29 bits per heavy atom. The molecule has 1 fully saturated rings. The van der Waals surface area contributed by atoms with Crippen molar-refractivity contribution in [1.82, 2.24) is 14.6 Å². The molecule has 2 aromatic rings. The van der Waals surface area contributed by atoms with Gasteiger partial charge in [-0.1, -0.05) is 13.0 Å². The highest BCUT2D eigenvalue weighted by Crippen LogP contribution is 2.31. The second-order valence-electron chi connectivity index (χ2n) is 6.30. The summed E-state index contributed by atoms with van der Waals surface area (Å²) in [5.41, 5.74) is 2.32. The van der Waals surface area contributed by atoms with E-state index < -0.39 is 10.0 Å². The van der Waals surface area contributed by atoms with Crippen molar-refractivity contribution in [2.24, 2.45) is 0 Å². The van der Waals surface area contributed by atoms with Gasteiger partial charge in [0.15, 0.2) is 5.52 Å². The van der Waals surface area contributed by atoms with E-state index in [0.29, 0.717) is 36.3 Å². The first-order valence-electron chi connectivity index (χ1n) is 8.29. The zero-order valence-corrected chi connectivity index (χ0v) is 15.1. The minimum Gasteiger partial charge on any atom is -0.377 e. The smallest absolute Gasteiger partial charge is 0.245 e. The average molecular weight is 353 g/mol. The molecule has 0 amide bonds. The summed E-state index contributed by atoms with van der Waals surface area (Å²) in [6, 6.07) is 1.81. The molecule has 7 nitrogen and oxygen atoms in total. The van der Waals surface area contributed by atoms with E-state index in [1.807, 2.05) is 19.9 Å². The second kappa shape index (κ2) is 6.78. The molecule has 1 aromatic heterocycles. The van der Waals surface area contributed by atoms with Gasteiger partial charge in [0, 0.05) is 19.7 Å². The van der Waals surface area contributed by atoms with Crippen LogP contribution in [-0.4, -0.2) is 48.8 Å². The van der Waals surface area contributed by atoms with Crippen LogP contribution < -0.4 is 0 Å². The highest BCUT2D eigenvalue weighted by molar-refractivity contribution is 7.89. The predicted molar refractivity (Wildman–Crippen MR) is 89.3 cm³/mol. The van der Waals surface area contributed by atoms with Crippen molar-refractivity contribution in [3.05, 3.63) is 17.2 Å². The minimum atomic E-state index is -3.67. The zero-order chi connectivity index (χ0) is 17.3. The Bertz CT molecular complexity index is 831. The lowest BCUT2D eigenvalue weighted by Gasteiger charge is -2.32. The quantitative estimate of drug-likeness (QED) is 0.820. The van der Waals surface area contributed by atoms with Gasteiger partial charge in [-0.3, -0.25) is 0 Å². The highest BCUT2D eigenvalue weighted by atomic mass is 32.2. The molecule has 0 bridgehead atoms. The fourth-order valence-electron chi connectivity index (χ4n) is 3.24. The first-order valence-corrected chi connectivity index (χ1v) is 9.73. The highest BCUT2D eigenvalue weighted by Gasteiger charge is 2.34. The molecule has 1 aliphatic heterocycles. The lowest BCUT2D eigenvalue weighted by atomic mass is 10.1. The van der Waals surface area contributed by atoms with Crippen molar-refractivity contribution in [1.29, 1.82) is 0 Å². The number of hydrogen-bond donors (Lipinski definition) is 0. The monoisotopic (exact) mass is 353 g/mol. The van der Waals surface area contributed by atoms with Crippen LogP contribution in [0.4, 0.5) is 0 Å². The van der Waals surface area contributed by atoms with Crippen LogP contribution in [0.3, 0.4) is 0 Å². The van der Waals surface area contributed by atoms with Gasteiger partial charge < -0.3 is 4.74 Å². The van der Waals surface area contributed by atoms with Crippen molar-refractivity contribution in [2.45, 2.75) is 51.0 Å². The van der Waals surface area contributed by atoms with Gasteiger partial charge in [0.2, 0.25) is 10.0 Å². The van der Waals surface area contributed by atoms with Crippen molar-refractivity contribution in [3.8, 4) is 0 Å². The average Bonchev–Trinajstić information content (AvgIpc) is 3.02. The summed E-state index contributed by atoms with van der Waals surface area (Å²) in [6.07, 6.45) is 2.55. The van der Waals surface area contributed by atoms with Gasteiger partial charge in [0.05, 0.1) is 6.10 Å². The summed E-state index contributed by atoms with van der Waals surface area (Å²) in [5, 5.41) is 7.69. The molecular formula is C16H23N3O4S. The SMILES string of the molecule is CCCO[C@H]1CCCN(S(=O)(=O)c2c(C)cc(C)c3nonc23)C1. The van der Waals surface area contributed by atoms with Gasteiger partial charge in [0.1, 0.15) is 10.4 Å². The van der Waals surface area contributed by atoms with Crippen LogP contribution in [0.1, 0.15) is 37.3 Å². The third-order valence-corrected chi connectivity index (χ3v) is 6.41. The van der Waals surface area contributed by atoms with Crippen molar-refractivity contribution >= 4 is 21.1 Å². The summed E-state index contributed by atoms with van der Waals surface area (Å²) in [5.74, 6) is 0. The summed E-state index contributed by atoms with van der Waals surface area (Å²) in [7, 11) is -3.67. The topological polar surface area (TPSA) is 85.5 Å². The molecule has 3 rings (SSSR count). The molecule has 24 heavy (non-hydrogen) atoms. The minimum absolute atomic E-state index is 0.0508. The van der Waals surface area contributed by atoms with E-state index in [1.165, 1.54) is 4.31 Å². The first-order chi connectivity index (χ1) is 11.4. The molecule has 132 valence electrons. The maximum atomic E-state index is 13.2. The molecule has 1 aromatic carbocycles. The number of aromatic nitrogens is 2. The summed E-state index contributed by atoms with van der Waals surface area (Å²) in [4.78, 5) is 0.195. The number of benzene rings is 1. The van der Waals surface area contributed by atoms with E-state index in [-0.39, 0.29) is 11.0 Å². The number of aryl methyl sites for hydroxylation is 2. The molecule has 0 saturated carbocycles. The van der Waals surface area contributed by atoms with Crippen LogP contribution in [0.15, 0.2) is 15.6 Å². The van der Waals surface area contributed by atoms with Gasteiger partial charge >= 0.3 is 0 Å². The fourth-order valence-corrected chi connectivity index (χ4v) is 5.07. The maximum Gasteiger partial charge on any atom is 0.245 e. The number of hydrogen-bond acceptors (Lipinski definition) is 6. The summed E-state index contributed by atoms with van der Waals surface area (Å²) >= 11 is 0. The molecule has 0 N–H and O–H groups in total. The van der Waals surface area contributed by atoms with Gasteiger partial charge in [-0.2, -0.15) is 4.31 Å². The summed E-state index contributed by atoms with van der Waals surface area (Å²) < 4.78 is 38.5. The third kappa shape index (κ3) is 3.05. The lowest BCUT2D eigenvalue weighted by molar-refractivity contribution is 0.0193. The fraction of sp³-hybridized carbons (Fsp3) is 0.625. The standard InChI is InChI=1S/C16H23N3O4S/c1-4-8-22-13-6-5-7-19(10-13)24(20,21)16-12(3)9-11(2)14-15(16)18-23-17-14/h9,13H,4-8,10H2,1-3H3/t13-/m0/s1. The number of fused-ring (bicyclic) bond motifs is 1. The molecule has 1 aliphatic rings. The van der Waals surface area contributed by atoms with Crippen LogP contribution in [0.2, 0.25) is 0 Å². The Labute approximate surface area is 142 Å². The van der Waals surface area contributed by atoms with Crippen LogP contribution in [0.25, 0.3) is 11.0 Å². The van der Waals surface area contributed by atoms with Gasteiger partial charge in [-0.05, 0) is 54.6 Å². The molecular weight excluding hydrogens is 330 g/mol. The summed E-state index contributed by atoms with van der Waals surface area (Å²) in [6.45, 7) is 7.21. The van der Waals surface area contributed by atoms with E-state index in [9.17, 15) is 8.42 Å². The lowest BCUT2D eigenvalue weighted by Crippen LogP contribution is -2.43. The van der Waals surface area contributed by atoms with Gasteiger partial charge in [-0.15, -0.1) is 0 Å². The predicted octanol–water partition coefficient (Wildman–Crippen LogP) is 2.42. The van der Waals surface area contributed by atoms with E-state index in [1.54, 1.807) is 6.92 Å². The zero-order valence-electron chi connectivity index (χ0n) is 14.3. The molecule has 8 heteroatoms. The molecule has 0 radical (unpaired) electrons. The van der Waals surface area contributed by atoms with Crippen molar-refractivity contribution < 1.29 is 17.8 Å². The second-order valence-corrected chi connectivity index (χ2v) is 8.17. The van der Waals surface area contributed by atoms with E-state index in [4.69, 9.17) is 9.37 Å². The Morgan fingerprint density at radius 2 is 2.04 bits per heavy atom. The van der Waals surface area contributed by atoms with E-state index >= 15 is 0 Å². The third-order valence-electron chi connectivity index (χ3n) is 4.36. The normalized spacial score (nSPS) is 19.9. The Hall–Kier alpha value is -1.51. The van der Waals surface area contributed by atoms with Crippen LogP contribution >= 0.6 is 0 Å². The molecule has 2 heterocycles. The van der Waals surface area contributed by atoms with Crippen LogP contribution in [-0.2, 0) is 14.8 Å². The van der Waals surface area contributed by atoms with E-state index in [2.05, 4.69) is 10.3 Å². The number of piperidine rings is 1. The van der Waals surface area contributed by atoms with Crippen LogP contribution in [0, 0.1) is 13.8 Å². The number of rotatable bonds is 5. The van der Waals surface area contributed by atoms with Crippen molar-refractivity contribution in [2.75, 3.05) is 19.7 Å². The Balaban J connectivity index is 1.98. The van der Waals surface area contributed by atoms with Gasteiger partial charge in [0.25, 0.3) is 0 Å². The first kappa shape index (κ1) is 17.3. The van der Waals surface area contributed by atoms with Gasteiger partial charge in [-0.25, -0.2) is 13.0 Å². The molecule has 1 atom stereocenters. The molecule has 0 spiro atoms.